The SMILES string of the molecule is Cc1ccc(C(=O)NC(C)C(c2ccccc2)c2ccccc2)cc1NS(C)(=O)=O. The lowest BCUT2D eigenvalue weighted by Gasteiger charge is -2.26. The molecule has 30 heavy (non-hydrogen) atoms. The maximum Gasteiger partial charge on any atom is 0.251 e. The Kier molecular flexibility index (Phi) is 6.57. The van der Waals surface area contributed by atoms with Crippen LogP contribution in [0.15, 0.2) is 78.9 Å². The van der Waals surface area contributed by atoms with Crippen molar-refractivity contribution in [3.8, 4) is 0 Å². The number of amides is 1. The monoisotopic (exact) mass is 422 g/mol. The highest BCUT2D eigenvalue weighted by molar-refractivity contribution is 7.92. The van der Waals surface area contributed by atoms with Gasteiger partial charge in [0.2, 0.25) is 10.0 Å². The lowest BCUT2D eigenvalue weighted by molar-refractivity contribution is 0.0937. The Labute approximate surface area is 178 Å². The van der Waals surface area contributed by atoms with Crippen LogP contribution >= 0.6 is 0 Å². The lowest BCUT2D eigenvalue weighted by atomic mass is 9.85. The molecule has 0 radical (unpaired) electrons. The van der Waals surface area contributed by atoms with Gasteiger partial charge < -0.3 is 5.32 Å². The molecule has 0 aliphatic heterocycles. The number of rotatable bonds is 7. The third kappa shape index (κ3) is 5.48. The van der Waals surface area contributed by atoms with Crippen LogP contribution in [0.5, 0.6) is 0 Å². The molecule has 0 spiro atoms. The van der Waals surface area contributed by atoms with Crippen molar-refractivity contribution in [2.75, 3.05) is 11.0 Å². The number of anilines is 1. The summed E-state index contributed by atoms with van der Waals surface area (Å²) in [5, 5.41) is 3.09. The van der Waals surface area contributed by atoms with Crippen molar-refractivity contribution in [2.24, 2.45) is 0 Å². The van der Waals surface area contributed by atoms with E-state index in [4.69, 9.17) is 0 Å². The van der Waals surface area contributed by atoms with Gasteiger partial charge in [0.1, 0.15) is 0 Å². The van der Waals surface area contributed by atoms with Crippen LogP contribution < -0.4 is 10.0 Å². The number of nitrogens with one attached hydrogen (secondary N) is 2. The molecular formula is C24H26N2O3S. The van der Waals surface area contributed by atoms with Crippen molar-refractivity contribution in [1.29, 1.82) is 0 Å². The van der Waals surface area contributed by atoms with Crippen LogP contribution in [-0.4, -0.2) is 26.6 Å². The molecule has 1 amide bonds. The summed E-state index contributed by atoms with van der Waals surface area (Å²) in [4.78, 5) is 13.0. The zero-order valence-corrected chi connectivity index (χ0v) is 18.1. The van der Waals surface area contributed by atoms with E-state index in [1.165, 1.54) is 0 Å². The van der Waals surface area contributed by atoms with Gasteiger partial charge in [-0.2, -0.15) is 0 Å². The standard InChI is InChI=1S/C24H26N2O3S/c1-17-14-15-21(16-22(17)26-30(3,28)29)24(27)25-18(2)23(19-10-6-4-7-11-19)20-12-8-5-9-13-20/h4-16,18,23,26H,1-3H3,(H,25,27). The van der Waals surface area contributed by atoms with Gasteiger partial charge in [0, 0.05) is 17.5 Å². The molecule has 0 aliphatic rings. The van der Waals surface area contributed by atoms with E-state index in [2.05, 4.69) is 34.3 Å². The van der Waals surface area contributed by atoms with E-state index in [0.717, 1.165) is 22.9 Å². The summed E-state index contributed by atoms with van der Waals surface area (Å²) >= 11 is 0. The molecule has 2 N–H and O–H groups in total. The summed E-state index contributed by atoms with van der Waals surface area (Å²) in [6, 6.07) is 24.9. The molecule has 1 unspecified atom stereocenters. The summed E-state index contributed by atoms with van der Waals surface area (Å²) in [6.45, 7) is 3.77. The van der Waals surface area contributed by atoms with Crippen molar-refractivity contribution in [3.63, 3.8) is 0 Å². The molecule has 3 aromatic rings. The molecule has 3 rings (SSSR count). The molecule has 0 heterocycles. The van der Waals surface area contributed by atoms with Crippen LogP contribution in [0.3, 0.4) is 0 Å². The quantitative estimate of drug-likeness (QED) is 0.596. The molecule has 5 nitrogen and oxygen atoms in total. The molecule has 0 saturated carbocycles. The normalized spacial score (nSPS) is 12.4. The van der Waals surface area contributed by atoms with E-state index in [1.54, 1.807) is 25.1 Å². The topological polar surface area (TPSA) is 75.3 Å². The van der Waals surface area contributed by atoms with Crippen molar-refractivity contribution >= 4 is 21.6 Å². The molecule has 6 heteroatoms. The largest absolute Gasteiger partial charge is 0.349 e. The Morgan fingerprint density at radius 3 is 1.90 bits per heavy atom. The van der Waals surface area contributed by atoms with Crippen molar-refractivity contribution in [2.45, 2.75) is 25.8 Å². The van der Waals surface area contributed by atoms with Crippen LogP contribution in [-0.2, 0) is 10.0 Å². The first-order chi connectivity index (χ1) is 14.2. The molecule has 0 saturated heterocycles. The number of benzene rings is 3. The summed E-state index contributed by atoms with van der Waals surface area (Å²) in [5.41, 5.74) is 3.77. The van der Waals surface area contributed by atoms with Crippen LogP contribution in [0.4, 0.5) is 5.69 Å². The Morgan fingerprint density at radius 1 is 0.867 bits per heavy atom. The highest BCUT2D eigenvalue weighted by Gasteiger charge is 2.23. The second kappa shape index (κ2) is 9.13. The van der Waals surface area contributed by atoms with Crippen LogP contribution in [0.1, 0.15) is 39.9 Å². The summed E-state index contributed by atoms with van der Waals surface area (Å²) < 4.78 is 25.7. The average molecular weight is 423 g/mol. The van der Waals surface area contributed by atoms with E-state index >= 15 is 0 Å². The van der Waals surface area contributed by atoms with Crippen LogP contribution in [0.2, 0.25) is 0 Å². The molecule has 1 atom stereocenters. The Balaban J connectivity index is 1.87. The highest BCUT2D eigenvalue weighted by atomic mass is 32.2. The first kappa shape index (κ1) is 21.6. The highest BCUT2D eigenvalue weighted by Crippen LogP contribution is 2.28. The Morgan fingerprint density at radius 2 is 1.40 bits per heavy atom. The molecule has 3 aromatic carbocycles. The van der Waals surface area contributed by atoms with Gasteiger partial charge in [-0.05, 0) is 42.7 Å². The van der Waals surface area contributed by atoms with E-state index in [-0.39, 0.29) is 17.9 Å². The lowest BCUT2D eigenvalue weighted by Crippen LogP contribution is -2.37. The van der Waals surface area contributed by atoms with E-state index < -0.39 is 10.0 Å². The minimum Gasteiger partial charge on any atom is -0.349 e. The molecule has 0 aromatic heterocycles. The smallest absolute Gasteiger partial charge is 0.251 e. The second-order valence-corrected chi connectivity index (χ2v) is 9.21. The predicted octanol–water partition coefficient (Wildman–Crippen LogP) is 4.32. The maximum absolute atomic E-state index is 13.0. The maximum atomic E-state index is 13.0. The second-order valence-electron chi connectivity index (χ2n) is 7.47. The molecular weight excluding hydrogens is 396 g/mol. The number of carbonyl (C=O) groups is 1. The Bertz CT molecular complexity index is 1070. The van der Waals surface area contributed by atoms with Crippen molar-refractivity contribution in [1.82, 2.24) is 5.32 Å². The zero-order valence-electron chi connectivity index (χ0n) is 17.3. The number of sulfonamides is 1. The molecule has 156 valence electrons. The van der Waals surface area contributed by atoms with E-state index in [9.17, 15) is 13.2 Å². The van der Waals surface area contributed by atoms with Gasteiger partial charge in [0.25, 0.3) is 5.91 Å². The van der Waals surface area contributed by atoms with Crippen molar-refractivity contribution < 1.29 is 13.2 Å². The van der Waals surface area contributed by atoms with Gasteiger partial charge in [0.05, 0.1) is 11.9 Å². The number of hydrogen-bond acceptors (Lipinski definition) is 3. The number of aryl methyl sites for hydroxylation is 1. The third-order valence-electron chi connectivity index (χ3n) is 4.97. The predicted molar refractivity (Wildman–Crippen MR) is 121 cm³/mol. The summed E-state index contributed by atoms with van der Waals surface area (Å²) in [7, 11) is -3.43. The van der Waals surface area contributed by atoms with Gasteiger partial charge in [-0.25, -0.2) is 8.42 Å². The zero-order chi connectivity index (χ0) is 21.7. The number of carbonyl (C=O) groups excluding carboxylic acids is 1. The minimum absolute atomic E-state index is 0.0181. The molecule has 0 bridgehead atoms. The first-order valence-electron chi connectivity index (χ1n) is 9.74. The van der Waals surface area contributed by atoms with E-state index in [1.807, 2.05) is 43.3 Å². The van der Waals surface area contributed by atoms with Gasteiger partial charge in [-0.1, -0.05) is 66.7 Å². The first-order valence-corrected chi connectivity index (χ1v) is 11.6. The van der Waals surface area contributed by atoms with Crippen molar-refractivity contribution in [3.05, 3.63) is 101 Å². The molecule has 0 aliphatic carbocycles. The third-order valence-corrected chi connectivity index (χ3v) is 5.56. The van der Waals surface area contributed by atoms with Gasteiger partial charge >= 0.3 is 0 Å². The van der Waals surface area contributed by atoms with Crippen LogP contribution in [0.25, 0.3) is 0 Å². The Hall–Kier alpha value is -3.12. The fourth-order valence-corrected chi connectivity index (χ4v) is 4.16. The molecule has 0 fully saturated rings. The minimum atomic E-state index is -3.43. The number of hydrogen-bond donors (Lipinski definition) is 2. The van der Waals surface area contributed by atoms with Gasteiger partial charge in [0.15, 0.2) is 0 Å². The van der Waals surface area contributed by atoms with Gasteiger partial charge in [-0.3, -0.25) is 9.52 Å². The van der Waals surface area contributed by atoms with Crippen LogP contribution in [0, 0.1) is 6.92 Å². The fraction of sp³-hybridized carbons (Fsp3) is 0.208. The average Bonchev–Trinajstić information content (AvgIpc) is 2.70. The van der Waals surface area contributed by atoms with E-state index in [0.29, 0.717) is 11.3 Å². The summed E-state index contributed by atoms with van der Waals surface area (Å²) in [5.74, 6) is -0.272. The summed E-state index contributed by atoms with van der Waals surface area (Å²) in [6.07, 6.45) is 1.09. The van der Waals surface area contributed by atoms with Gasteiger partial charge in [-0.15, -0.1) is 0 Å². The fourth-order valence-electron chi connectivity index (χ4n) is 3.54.